The molecule has 0 aliphatic carbocycles. The van der Waals surface area contributed by atoms with Crippen molar-refractivity contribution in [2.24, 2.45) is 0 Å². The molecule has 0 aromatic carbocycles. The predicted octanol–water partition coefficient (Wildman–Crippen LogP) is 4.42. The highest BCUT2D eigenvalue weighted by Crippen LogP contribution is 2.49. The van der Waals surface area contributed by atoms with Crippen molar-refractivity contribution in [3.05, 3.63) is 12.7 Å². The predicted molar refractivity (Wildman–Crippen MR) is 92.5 cm³/mol. The number of carbonyl (C=O) groups is 2. The van der Waals surface area contributed by atoms with Gasteiger partial charge in [-0.25, -0.2) is 9.18 Å². The van der Waals surface area contributed by atoms with Gasteiger partial charge in [0.1, 0.15) is 17.8 Å². The summed E-state index contributed by atoms with van der Waals surface area (Å²) in [7, 11) is 0. The Kier molecular flexibility index (Phi) is 8.74. The number of ether oxygens (including phenoxy) is 4. The Bertz CT molecular complexity index is 674. The first-order chi connectivity index (χ1) is 13.5. The summed E-state index contributed by atoms with van der Waals surface area (Å²) in [6.07, 6.45) is -9.62. The summed E-state index contributed by atoms with van der Waals surface area (Å²) in [6.45, 7) is 3.31. The largest absolute Gasteiger partial charge is 0.462 e. The lowest BCUT2D eigenvalue weighted by molar-refractivity contribution is -0.440. The molecule has 0 aliphatic heterocycles. The van der Waals surface area contributed by atoms with Gasteiger partial charge in [-0.3, -0.25) is 4.79 Å². The molecular weight excluding hydrogens is 445 g/mol. The van der Waals surface area contributed by atoms with E-state index in [1.165, 1.54) is 0 Å². The summed E-state index contributed by atoms with van der Waals surface area (Å²) in [5.74, 6) is -7.75. The Morgan fingerprint density at radius 2 is 1.29 bits per heavy atom. The van der Waals surface area contributed by atoms with Gasteiger partial charge < -0.3 is 18.9 Å². The Balaban J connectivity index is 5.66. The molecule has 0 N–H and O–H groups in total. The van der Waals surface area contributed by atoms with Crippen LogP contribution in [0.4, 0.5) is 30.7 Å². The number of hydrogen-bond acceptors (Lipinski definition) is 6. The minimum absolute atomic E-state index is 0.216. The highest BCUT2D eigenvalue weighted by atomic mass is 19.3. The molecule has 0 aliphatic rings. The van der Waals surface area contributed by atoms with E-state index in [9.17, 15) is 40.3 Å². The SMILES string of the molecule is C=CC(=O)OCC(F)(F)OC(C)(C)C(F)(F)C(F)(F)OC(C)(C)C(C)(F)COC(C)=O. The Hall–Kier alpha value is -1.89. The second kappa shape index (κ2) is 9.31. The minimum atomic E-state index is -5.53. The Labute approximate surface area is 174 Å². The van der Waals surface area contributed by atoms with Crippen molar-refractivity contribution in [3.8, 4) is 0 Å². The number of alkyl halides is 7. The van der Waals surface area contributed by atoms with Gasteiger partial charge in [0.05, 0.1) is 0 Å². The zero-order chi connectivity index (χ0) is 25.1. The van der Waals surface area contributed by atoms with Crippen LogP contribution in [0.5, 0.6) is 0 Å². The van der Waals surface area contributed by atoms with Gasteiger partial charge in [-0.2, -0.15) is 26.3 Å². The molecule has 0 radical (unpaired) electrons. The average Bonchev–Trinajstić information content (AvgIpc) is 2.55. The van der Waals surface area contributed by atoms with E-state index in [1.807, 2.05) is 0 Å². The van der Waals surface area contributed by atoms with Crippen molar-refractivity contribution in [1.82, 2.24) is 0 Å². The third-order valence-electron chi connectivity index (χ3n) is 4.26. The van der Waals surface area contributed by atoms with Crippen molar-refractivity contribution < 1.29 is 59.3 Å². The van der Waals surface area contributed by atoms with Gasteiger partial charge in [0.25, 0.3) is 0 Å². The fraction of sp³-hybridized carbons (Fsp3) is 0.778. The number of rotatable bonds is 12. The molecule has 0 heterocycles. The van der Waals surface area contributed by atoms with Crippen molar-refractivity contribution in [1.29, 1.82) is 0 Å². The fourth-order valence-electron chi connectivity index (χ4n) is 1.93. The third kappa shape index (κ3) is 7.34. The lowest BCUT2D eigenvalue weighted by Gasteiger charge is -2.44. The van der Waals surface area contributed by atoms with Crippen molar-refractivity contribution in [2.75, 3.05) is 13.2 Å². The maximum Gasteiger partial charge on any atom is 0.423 e. The van der Waals surface area contributed by atoms with E-state index >= 15 is 0 Å². The summed E-state index contributed by atoms with van der Waals surface area (Å²) in [5.41, 5.74) is -9.17. The molecule has 0 saturated carbocycles. The van der Waals surface area contributed by atoms with E-state index in [0.29, 0.717) is 26.8 Å². The maximum absolute atomic E-state index is 14.7. The molecule has 1 unspecified atom stereocenters. The Morgan fingerprint density at radius 3 is 1.71 bits per heavy atom. The number of esters is 2. The van der Waals surface area contributed by atoms with Crippen LogP contribution < -0.4 is 0 Å². The maximum atomic E-state index is 14.7. The monoisotopic (exact) mass is 470 g/mol. The molecule has 1 atom stereocenters. The molecule has 0 bridgehead atoms. The van der Waals surface area contributed by atoms with Crippen LogP contribution in [0.3, 0.4) is 0 Å². The van der Waals surface area contributed by atoms with E-state index < -0.39 is 60.2 Å². The van der Waals surface area contributed by atoms with Gasteiger partial charge in [0.15, 0.2) is 12.3 Å². The molecule has 0 aromatic heterocycles. The van der Waals surface area contributed by atoms with Crippen LogP contribution in [0.15, 0.2) is 12.7 Å². The quantitative estimate of drug-likeness (QED) is 0.239. The van der Waals surface area contributed by atoms with Crippen LogP contribution in [-0.4, -0.2) is 60.2 Å². The van der Waals surface area contributed by atoms with E-state index in [4.69, 9.17) is 0 Å². The minimum Gasteiger partial charge on any atom is -0.462 e. The first-order valence-electron chi connectivity index (χ1n) is 8.69. The van der Waals surface area contributed by atoms with Crippen molar-refractivity contribution in [3.63, 3.8) is 0 Å². The summed E-state index contributed by atoms with van der Waals surface area (Å²) in [6, 6.07) is 0. The fourth-order valence-corrected chi connectivity index (χ4v) is 1.93. The van der Waals surface area contributed by atoms with Gasteiger partial charge in [-0.15, -0.1) is 0 Å². The molecule has 0 amide bonds. The molecule has 0 aromatic rings. The van der Waals surface area contributed by atoms with Gasteiger partial charge in [0, 0.05) is 13.0 Å². The molecule has 13 heteroatoms. The van der Waals surface area contributed by atoms with E-state index in [0.717, 1.165) is 6.92 Å². The standard InChI is InChI=1S/C18H25F7O6/c1-8-12(27)29-10-16(20,21)30-14(5,6)17(22,23)18(24,25)31-13(3,4)15(7,19)9-28-11(2)26/h8H,1,9-10H2,2-7H3. The van der Waals surface area contributed by atoms with Gasteiger partial charge in [0.2, 0.25) is 0 Å². The summed E-state index contributed by atoms with van der Waals surface area (Å²) in [4.78, 5) is 21.7. The van der Waals surface area contributed by atoms with Crippen LogP contribution in [0.1, 0.15) is 41.5 Å². The van der Waals surface area contributed by atoms with Crippen LogP contribution >= 0.6 is 0 Å². The zero-order valence-electron chi connectivity index (χ0n) is 17.8. The summed E-state index contributed by atoms with van der Waals surface area (Å²) < 4.78 is 116. The summed E-state index contributed by atoms with van der Waals surface area (Å²) >= 11 is 0. The van der Waals surface area contributed by atoms with Crippen LogP contribution in [0.2, 0.25) is 0 Å². The first-order valence-corrected chi connectivity index (χ1v) is 8.69. The highest BCUT2D eigenvalue weighted by molar-refractivity contribution is 5.81. The van der Waals surface area contributed by atoms with Crippen molar-refractivity contribution in [2.45, 2.75) is 76.6 Å². The number of halogens is 7. The molecule has 0 fully saturated rings. The zero-order valence-corrected chi connectivity index (χ0v) is 17.8. The molecule has 0 spiro atoms. The van der Waals surface area contributed by atoms with Gasteiger partial charge in [-0.1, -0.05) is 6.58 Å². The smallest absolute Gasteiger partial charge is 0.423 e. The van der Waals surface area contributed by atoms with E-state index in [-0.39, 0.29) is 13.8 Å². The lowest BCUT2D eigenvalue weighted by Crippen LogP contribution is -2.64. The molecular formula is C18H25F7O6. The second-order valence-electron chi connectivity index (χ2n) is 7.74. The van der Waals surface area contributed by atoms with E-state index in [2.05, 4.69) is 25.5 Å². The van der Waals surface area contributed by atoms with Crippen LogP contribution in [0, 0.1) is 0 Å². The topological polar surface area (TPSA) is 71.1 Å². The average molecular weight is 470 g/mol. The molecule has 0 saturated heterocycles. The van der Waals surface area contributed by atoms with Crippen LogP contribution in [0.25, 0.3) is 0 Å². The third-order valence-corrected chi connectivity index (χ3v) is 4.26. The van der Waals surface area contributed by atoms with Crippen molar-refractivity contribution >= 4 is 11.9 Å². The number of hydrogen-bond donors (Lipinski definition) is 0. The van der Waals surface area contributed by atoms with Crippen LogP contribution in [-0.2, 0) is 28.5 Å². The number of carbonyl (C=O) groups excluding carboxylic acids is 2. The van der Waals surface area contributed by atoms with Gasteiger partial charge in [-0.05, 0) is 34.6 Å². The molecule has 0 rings (SSSR count). The second-order valence-corrected chi connectivity index (χ2v) is 7.74. The molecule has 6 nitrogen and oxygen atoms in total. The normalized spacial score (nSPS) is 15.8. The Morgan fingerprint density at radius 1 is 0.806 bits per heavy atom. The highest BCUT2D eigenvalue weighted by Gasteiger charge is 2.71. The summed E-state index contributed by atoms with van der Waals surface area (Å²) in [5, 5.41) is 0. The van der Waals surface area contributed by atoms with Gasteiger partial charge >= 0.3 is 30.1 Å². The molecule has 31 heavy (non-hydrogen) atoms. The lowest BCUT2D eigenvalue weighted by atomic mass is 9.89. The first kappa shape index (κ1) is 29.1. The molecule has 182 valence electrons. The van der Waals surface area contributed by atoms with E-state index in [1.54, 1.807) is 0 Å².